The van der Waals surface area contributed by atoms with Gasteiger partial charge < -0.3 is 14.8 Å². The normalized spacial score (nSPS) is 11.6. The van der Waals surface area contributed by atoms with E-state index in [0.717, 1.165) is 5.56 Å². The van der Waals surface area contributed by atoms with Crippen molar-refractivity contribution in [1.82, 2.24) is 10.7 Å². The first-order valence-electron chi connectivity index (χ1n) is 11.5. The Hall–Kier alpha value is -4.16. The van der Waals surface area contributed by atoms with E-state index in [9.17, 15) is 14.9 Å². The Morgan fingerprint density at radius 3 is 2.49 bits per heavy atom. The number of nitriles is 1. The number of benzene rings is 3. The minimum atomic E-state index is -0.766. The van der Waals surface area contributed by atoms with Crippen LogP contribution in [0.4, 0.5) is 0 Å². The Morgan fingerprint density at radius 1 is 1.11 bits per heavy atom. The van der Waals surface area contributed by atoms with Crippen molar-refractivity contribution >= 4 is 34.0 Å². The van der Waals surface area contributed by atoms with E-state index in [1.165, 1.54) is 13.3 Å². The molecule has 0 aliphatic rings. The highest BCUT2D eigenvalue weighted by Crippen LogP contribution is 2.37. The number of methoxy groups -OCH3 is 1. The summed E-state index contributed by atoms with van der Waals surface area (Å²) in [6.45, 7) is 3.87. The minimum Gasteiger partial charge on any atom is -0.493 e. The number of amides is 2. The standard InChI is InChI=1S/C28H27BrN4O4/c1-18(2)25(32-27(34)20-9-5-4-6-10-20)28(35)33-31-16-19-13-23(29)26(24(14-19)36-3)37-17-22-12-8-7-11-21(22)15-30/h4-14,16,18,25H,17H2,1-3H3,(H,32,34)(H,33,35)/b31-16+. The monoisotopic (exact) mass is 562 g/mol. The lowest BCUT2D eigenvalue weighted by molar-refractivity contribution is -0.123. The van der Waals surface area contributed by atoms with Gasteiger partial charge in [-0.25, -0.2) is 5.43 Å². The van der Waals surface area contributed by atoms with Gasteiger partial charge in [0.2, 0.25) is 0 Å². The summed E-state index contributed by atoms with van der Waals surface area (Å²) in [6.07, 6.45) is 1.47. The van der Waals surface area contributed by atoms with E-state index in [-0.39, 0.29) is 18.4 Å². The van der Waals surface area contributed by atoms with Crippen LogP contribution in [0, 0.1) is 17.2 Å². The molecule has 0 spiro atoms. The molecule has 2 amide bonds. The van der Waals surface area contributed by atoms with Crippen LogP contribution in [0.25, 0.3) is 0 Å². The smallest absolute Gasteiger partial charge is 0.262 e. The number of ether oxygens (including phenoxy) is 2. The highest BCUT2D eigenvalue weighted by Gasteiger charge is 2.24. The van der Waals surface area contributed by atoms with E-state index < -0.39 is 11.9 Å². The number of rotatable bonds is 10. The second-order valence-electron chi connectivity index (χ2n) is 8.39. The minimum absolute atomic E-state index is 0.153. The quantitative estimate of drug-likeness (QED) is 0.272. The van der Waals surface area contributed by atoms with Crippen LogP contribution in [0.5, 0.6) is 11.5 Å². The number of hydrogen-bond donors (Lipinski definition) is 2. The molecule has 3 aromatic rings. The van der Waals surface area contributed by atoms with Gasteiger partial charge in [-0.2, -0.15) is 10.4 Å². The maximum atomic E-state index is 12.7. The second kappa shape index (κ2) is 13.2. The predicted molar refractivity (Wildman–Crippen MR) is 144 cm³/mol. The molecule has 0 aromatic heterocycles. The molecule has 9 heteroatoms. The molecule has 8 nitrogen and oxygen atoms in total. The van der Waals surface area contributed by atoms with Crippen LogP contribution in [0.2, 0.25) is 0 Å². The summed E-state index contributed by atoms with van der Waals surface area (Å²) in [4.78, 5) is 25.2. The van der Waals surface area contributed by atoms with Crippen molar-refractivity contribution in [1.29, 1.82) is 5.26 Å². The topological polar surface area (TPSA) is 113 Å². The number of carbonyl (C=O) groups excluding carboxylic acids is 2. The fraction of sp³-hybridized carbons (Fsp3) is 0.214. The summed E-state index contributed by atoms with van der Waals surface area (Å²) in [5, 5.41) is 16.1. The number of carbonyl (C=O) groups is 2. The molecule has 0 fully saturated rings. The molecule has 0 radical (unpaired) electrons. The Kier molecular flexibility index (Phi) is 9.81. The van der Waals surface area contributed by atoms with E-state index in [0.29, 0.717) is 32.7 Å². The van der Waals surface area contributed by atoms with Crippen molar-refractivity contribution in [2.75, 3.05) is 7.11 Å². The maximum absolute atomic E-state index is 12.7. The van der Waals surface area contributed by atoms with Crippen LogP contribution in [0.15, 0.2) is 76.3 Å². The van der Waals surface area contributed by atoms with Gasteiger partial charge in [0.05, 0.1) is 29.4 Å². The molecule has 1 atom stereocenters. The fourth-order valence-electron chi connectivity index (χ4n) is 3.45. The third kappa shape index (κ3) is 7.41. The van der Waals surface area contributed by atoms with Gasteiger partial charge in [-0.15, -0.1) is 0 Å². The molecule has 3 aromatic carbocycles. The third-order valence-electron chi connectivity index (χ3n) is 5.42. The van der Waals surface area contributed by atoms with Gasteiger partial charge in [0.1, 0.15) is 12.6 Å². The molecule has 1 unspecified atom stereocenters. The molecule has 3 rings (SSSR count). The maximum Gasteiger partial charge on any atom is 0.262 e. The van der Waals surface area contributed by atoms with Gasteiger partial charge in [0.15, 0.2) is 11.5 Å². The lowest BCUT2D eigenvalue weighted by Crippen LogP contribution is -2.48. The Labute approximate surface area is 224 Å². The first-order chi connectivity index (χ1) is 17.8. The fourth-order valence-corrected chi connectivity index (χ4v) is 4.02. The van der Waals surface area contributed by atoms with Crippen LogP contribution in [-0.4, -0.2) is 31.2 Å². The molecule has 0 saturated heterocycles. The summed E-state index contributed by atoms with van der Waals surface area (Å²) in [5.74, 6) is 0.00384. The second-order valence-corrected chi connectivity index (χ2v) is 9.24. The van der Waals surface area contributed by atoms with Crippen molar-refractivity contribution in [2.45, 2.75) is 26.5 Å². The largest absolute Gasteiger partial charge is 0.493 e. The lowest BCUT2D eigenvalue weighted by Gasteiger charge is -2.20. The number of hydrogen-bond acceptors (Lipinski definition) is 6. The average Bonchev–Trinajstić information content (AvgIpc) is 2.91. The molecule has 0 bridgehead atoms. The third-order valence-corrected chi connectivity index (χ3v) is 6.01. The SMILES string of the molecule is COc1cc(/C=N/NC(=O)C(NC(=O)c2ccccc2)C(C)C)cc(Br)c1OCc1ccccc1C#N. The molecule has 0 saturated carbocycles. The average molecular weight is 563 g/mol. The van der Waals surface area contributed by atoms with Gasteiger partial charge in [-0.1, -0.05) is 50.2 Å². The van der Waals surface area contributed by atoms with E-state index in [4.69, 9.17) is 9.47 Å². The Bertz CT molecular complexity index is 1320. The summed E-state index contributed by atoms with van der Waals surface area (Å²) in [6, 6.07) is 20.8. The first kappa shape index (κ1) is 27.4. The highest BCUT2D eigenvalue weighted by atomic mass is 79.9. The van der Waals surface area contributed by atoms with Gasteiger partial charge in [0, 0.05) is 11.1 Å². The summed E-state index contributed by atoms with van der Waals surface area (Å²) < 4.78 is 12.0. The van der Waals surface area contributed by atoms with Crippen molar-refractivity contribution in [3.63, 3.8) is 0 Å². The van der Waals surface area contributed by atoms with E-state index >= 15 is 0 Å². The summed E-state index contributed by atoms with van der Waals surface area (Å²) >= 11 is 3.49. The van der Waals surface area contributed by atoms with Gasteiger partial charge in [-0.05, 0) is 57.7 Å². The Morgan fingerprint density at radius 2 is 1.81 bits per heavy atom. The Balaban J connectivity index is 1.67. The molecular weight excluding hydrogens is 536 g/mol. The molecular formula is C28H27BrN4O4. The number of hydrazone groups is 1. The number of nitrogens with zero attached hydrogens (tertiary/aromatic N) is 2. The van der Waals surface area contributed by atoms with Crippen LogP contribution in [-0.2, 0) is 11.4 Å². The van der Waals surface area contributed by atoms with E-state index in [1.54, 1.807) is 48.5 Å². The van der Waals surface area contributed by atoms with E-state index in [2.05, 4.69) is 37.8 Å². The first-order valence-corrected chi connectivity index (χ1v) is 12.3. The molecule has 0 aliphatic heterocycles. The van der Waals surface area contributed by atoms with E-state index in [1.807, 2.05) is 32.0 Å². The zero-order valence-electron chi connectivity index (χ0n) is 20.7. The van der Waals surface area contributed by atoms with Gasteiger partial charge >= 0.3 is 0 Å². The van der Waals surface area contributed by atoms with Crippen LogP contribution < -0.4 is 20.2 Å². The van der Waals surface area contributed by atoms with Gasteiger partial charge in [-0.3, -0.25) is 9.59 Å². The van der Waals surface area contributed by atoms with Gasteiger partial charge in [0.25, 0.3) is 11.8 Å². The summed E-state index contributed by atoms with van der Waals surface area (Å²) in [7, 11) is 1.52. The van der Waals surface area contributed by atoms with Crippen LogP contribution >= 0.6 is 15.9 Å². The summed E-state index contributed by atoms with van der Waals surface area (Å²) in [5.41, 5.74) is 4.91. The lowest BCUT2D eigenvalue weighted by atomic mass is 10.0. The molecule has 2 N–H and O–H groups in total. The zero-order valence-corrected chi connectivity index (χ0v) is 22.3. The van der Waals surface area contributed by atoms with Crippen molar-refractivity contribution < 1.29 is 19.1 Å². The molecule has 0 heterocycles. The van der Waals surface area contributed by atoms with Crippen LogP contribution in [0.1, 0.15) is 40.9 Å². The molecule has 0 aliphatic carbocycles. The number of halogens is 1. The zero-order chi connectivity index (χ0) is 26.8. The van der Waals surface area contributed by atoms with Crippen LogP contribution in [0.3, 0.4) is 0 Å². The highest BCUT2D eigenvalue weighted by molar-refractivity contribution is 9.10. The predicted octanol–water partition coefficient (Wildman–Crippen LogP) is 4.81. The molecule has 190 valence electrons. The van der Waals surface area contributed by atoms with Crippen molar-refractivity contribution in [3.8, 4) is 17.6 Å². The molecule has 37 heavy (non-hydrogen) atoms. The van der Waals surface area contributed by atoms with Crippen molar-refractivity contribution in [2.24, 2.45) is 11.0 Å². The van der Waals surface area contributed by atoms with Crippen molar-refractivity contribution in [3.05, 3.63) is 93.5 Å². The number of nitrogens with one attached hydrogen (secondary N) is 2.